The summed E-state index contributed by atoms with van der Waals surface area (Å²) in [4.78, 5) is 86.0. The Balaban J connectivity index is 1.05. The number of benzene rings is 2. The van der Waals surface area contributed by atoms with Crippen LogP contribution in [0.5, 0.6) is 0 Å². The zero-order chi connectivity index (χ0) is 50.2. The maximum absolute atomic E-state index is 14.1. The Bertz CT molecular complexity index is 2800. The molecule has 6 unspecified atom stereocenters. The number of hydrogen-bond donors (Lipinski definition) is 4. The zero-order valence-corrected chi connectivity index (χ0v) is 42.2. The van der Waals surface area contributed by atoms with Crippen LogP contribution < -0.4 is 16.2 Å². The lowest BCUT2D eigenvalue weighted by Crippen LogP contribution is -2.51. The third kappa shape index (κ3) is 9.93. The van der Waals surface area contributed by atoms with E-state index in [4.69, 9.17) is 19.4 Å². The predicted octanol–water partition coefficient (Wildman–Crippen LogP) is 9.23. The molecule has 1 saturated carbocycles. The van der Waals surface area contributed by atoms with Crippen LogP contribution in [0.25, 0.3) is 33.2 Å². The minimum absolute atomic E-state index is 0.137. The van der Waals surface area contributed by atoms with Crippen LogP contribution in [0.4, 0.5) is 9.59 Å². The van der Waals surface area contributed by atoms with Crippen molar-refractivity contribution in [1.82, 2.24) is 40.4 Å². The van der Waals surface area contributed by atoms with E-state index >= 15 is 0 Å². The Morgan fingerprint density at radius 2 is 1.40 bits per heavy atom. The second-order valence-electron chi connectivity index (χ2n) is 21.1. The van der Waals surface area contributed by atoms with Gasteiger partial charge in [0.05, 0.1) is 49.1 Å². The number of ether oxygens (including phenoxy) is 2. The first-order valence-corrected chi connectivity index (χ1v) is 25.0. The highest BCUT2D eigenvalue weighted by Crippen LogP contribution is 2.52. The number of alkyl carbamates (subject to hydrolysis) is 2. The molecule has 372 valence electrons. The number of hydrogen-bond acceptors (Lipinski definition) is 9. The average molecular weight is 955 g/mol. The molecule has 2 aromatic heterocycles. The first-order chi connectivity index (χ1) is 33.4. The van der Waals surface area contributed by atoms with Crippen molar-refractivity contribution >= 4 is 46.0 Å². The van der Waals surface area contributed by atoms with Crippen LogP contribution >= 0.6 is 0 Å². The quantitative estimate of drug-likeness (QED) is 0.0947. The van der Waals surface area contributed by atoms with Gasteiger partial charge in [-0.25, -0.2) is 19.6 Å². The van der Waals surface area contributed by atoms with E-state index in [2.05, 4.69) is 78.3 Å². The predicted molar refractivity (Wildman–Crippen MR) is 271 cm³/mol. The van der Waals surface area contributed by atoms with Crippen molar-refractivity contribution in [2.24, 2.45) is 29.1 Å². The molecule has 4 N–H and O–H groups in total. The molecule has 0 radical (unpaired) electrons. The maximum atomic E-state index is 14.1. The highest BCUT2D eigenvalue weighted by Gasteiger charge is 2.43. The topological polar surface area (TPSA) is 192 Å². The van der Waals surface area contributed by atoms with Gasteiger partial charge >= 0.3 is 12.2 Å². The van der Waals surface area contributed by atoms with Gasteiger partial charge in [0.15, 0.2) is 0 Å². The number of carbonyl (C=O) groups excluding carboxylic acids is 4. The van der Waals surface area contributed by atoms with E-state index in [0.29, 0.717) is 42.1 Å². The Morgan fingerprint density at radius 1 is 0.814 bits per heavy atom. The minimum atomic E-state index is -0.788. The molecule has 4 amide bonds. The molecule has 2 aliphatic heterocycles. The van der Waals surface area contributed by atoms with Crippen LogP contribution in [0.2, 0.25) is 0 Å². The van der Waals surface area contributed by atoms with Gasteiger partial charge in [0.1, 0.15) is 23.7 Å². The molecule has 6 atom stereocenters. The van der Waals surface area contributed by atoms with Gasteiger partial charge in [0.25, 0.3) is 5.56 Å². The molecule has 4 aliphatic rings. The van der Waals surface area contributed by atoms with Gasteiger partial charge in [0, 0.05) is 13.1 Å². The normalized spacial score (nSPS) is 21.8. The number of likely N-dealkylation sites (tertiary alicyclic amines) is 2. The summed E-state index contributed by atoms with van der Waals surface area (Å²) < 4.78 is 9.63. The Hall–Kier alpha value is -6.51. The second kappa shape index (κ2) is 20.4. The molecule has 2 aromatic carbocycles. The molecule has 8 rings (SSSR count). The van der Waals surface area contributed by atoms with Crippen molar-refractivity contribution < 1.29 is 28.7 Å². The fourth-order valence-corrected chi connectivity index (χ4v) is 11.6. The number of aromatic nitrogens is 4. The maximum Gasteiger partial charge on any atom is 0.407 e. The van der Waals surface area contributed by atoms with Gasteiger partial charge in [-0.3, -0.25) is 14.4 Å². The monoisotopic (exact) mass is 955 g/mol. The third-order valence-corrected chi connectivity index (χ3v) is 15.3. The summed E-state index contributed by atoms with van der Waals surface area (Å²) in [5.74, 6) is 0.826. The number of nitrogens with one attached hydrogen (secondary N) is 4. The Labute approximate surface area is 411 Å². The Morgan fingerprint density at radius 3 is 1.97 bits per heavy atom. The zero-order valence-electron chi connectivity index (χ0n) is 42.2. The number of aromatic amines is 2. The number of fused-ring (bicyclic) bond motifs is 2. The molecule has 4 aromatic rings. The summed E-state index contributed by atoms with van der Waals surface area (Å²) >= 11 is 0. The van der Waals surface area contributed by atoms with E-state index in [1.165, 1.54) is 56.6 Å². The minimum Gasteiger partial charge on any atom is -0.453 e. The summed E-state index contributed by atoms with van der Waals surface area (Å²) in [6.45, 7) is 19.3. The molecule has 3 fully saturated rings. The van der Waals surface area contributed by atoms with Crippen molar-refractivity contribution in [2.45, 2.75) is 124 Å². The largest absolute Gasteiger partial charge is 0.453 e. The molecule has 2 saturated heterocycles. The first-order valence-electron chi connectivity index (χ1n) is 25.0. The average Bonchev–Trinajstić information content (AvgIpc) is 4.21. The summed E-state index contributed by atoms with van der Waals surface area (Å²) in [5.41, 5.74) is 9.04. The highest BCUT2D eigenvalue weighted by atomic mass is 16.5. The second-order valence-corrected chi connectivity index (χ2v) is 21.1. The molecular formula is C55H70N8O7. The number of carbonyl (C=O) groups is 4. The van der Waals surface area contributed by atoms with Crippen molar-refractivity contribution in [1.29, 1.82) is 0 Å². The standard InChI is InChI=1S/C55H70N8O7/c1-11-35(15-14-34(8)43-27-56-48(58-43)44-22-32(6)28-62(44)51(65)46(30(2)3)59-53(67)69-9)37-17-18-38(41-26-55(25-40(37)41)20-12-13-21-55)36-16-19-42-39(24-36)50(64)61-49(57-42)45-23-33(7)29-63(45)52(66)47(31(4)5)60-54(68)70-10/h11,14-19,24,27,30-33,44-47H,8,12-13,20-23,25-26,28-29H2,1-7,9-10H3,(H,56,58)(H,59,67)(H,60,68)(H,57,61,64). The highest BCUT2D eigenvalue weighted by molar-refractivity contribution is 5.89. The summed E-state index contributed by atoms with van der Waals surface area (Å²) in [6.07, 6.45) is 14.9. The van der Waals surface area contributed by atoms with Crippen LogP contribution in [0, 0.1) is 29.1 Å². The van der Waals surface area contributed by atoms with Gasteiger partial charge in [-0.15, -0.1) is 0 Å². The van der Waals surface area contributed by atoms with E-state index in [-0.39, 0.29) is 52.5 Å². The van der Waals surface area contributed by atoms with Crippen LogP contribution in [0.3, 0.4) is 0 Å². The molecule has 1 spiro atoms. The van der Waals surface area contributed by atoms with Crippen molar-refractivity contribution in [3.63, 3.8) is 0 Å². The van der Waals surface area contributed by atoms with Gasteiger partial charge in [-0.2, -0.15) is 0 Å². The van der Waals surface area contributed by atoms with Gasteiger partial charge in [-0.1, -0.05) is 97.4 Å². The summed E-state index contributed by atoms with van der Waals surface area (Å²) in [6, 6.07) is 8.11. The molecule has 70 heavy (non-hydrogen) atoms. The number of rotatable bonds is 13. The first kappa shape index (κ1) is 49.9. The number of nitrogens with zero attached hydrogens (tertiary/aromatic N) is 4. The molecule has 2 aliphatic carbocycles. The number of amides is 4. The third-order valence-electron chi connectivity index (χ3n) is 15.3. The lowest BCUT2D eigenvalue weighted by Gasteiger charge is -2.30. The SMILES string of the molecule is C=C(C=CC(=CC)c1ccc(-c2ccc3nc(C4CC(C)CN4C(=O)C(NC(=O)OC)C(C)C)[nH]c(=O)c3c2)c2c1CC1(CCCC1)C2)c1cnc(C2CC(C)CN2C(=O)C(NC(=O)OC)C(C)C)[nH]1. The van der Waals surface area contributed by atoms with E-state index in [1.54, 1.807) is 11.1 Å². The number of H-pyrrole nitrogens is 2. The van der Waals surface area contributed by atoms with Crippen LogP contribution in [0.15, 0.2) is 66.1 Å². The Kier molecular flexibility index (Phi) is 14.6. The van der Waals surface area contributed by atoms with Crippen molar-refractivity contribution in [3.8, 4) is 11.1 Å². The lowest BCUT2D eigenvalue weighted by atomic mass is 9.82. The van der Waals surface area contributed by atoms with E-state index in [1.807, 2.05) is 50.8 Å². The van der Waals surface area contributed by atoms with E-state index < -0.39 is 30.3 Å². The molecule has 15 heteroatoms. The van der Waals surface area contributed by atoms with Crippen LogP contribution in [-0.4, -0.2) is 93.1 Å². The van der Waals surface area contributed by atoms with E-state index in [0.717, 1.165) is 47.2 Å². The molecule has 15 nitrogen and oxygen atoms in total. The number of methoxy groups -OCH3 is 2. The molecule has 0 bridgehead atoms. The van der Waals surface area contributed by atoms with Crippen molar-refractivity contribution in [3.05, 3.63) is 106 Å². The van der Waals surface area contributed by atoms with Crippen molar-refractivity contribution in [2.75, 3.05) is 27.3 Å². The van der Waals surface area contributed by atoms with E-state index in [9.17, 15) is 24.0 Å². The summed E-state index contributed by atoms with van der Waals surface area (Å²) in [5, 5.41) is 5.91. The molecular weight excluding hydrogens is 885 g/mol. The van der Waals surface area contributed by atoms with Crippen LogP contribution in [0.1, 0.15) is 133 Å². The van der Waals surface area contributed by atoms with Gasteiger partial charge in [-0.05, 0) is 126 Å². The molecule has 4 heterocycles. The lowest BCUT2D eigenvalue weighted by molar-refractivity contribution is -0.136. The van der Waals surface area contributed by atoms with Gasteiger partial charge in [0.2, 0.25) is 11.8 Å². The number of allylic oxidation sites excluding steroid dienone is 5. The van der Waals surface area contributed by atoms with Crippen LogP contribution in [-0.2, 0) is 31.9 Å². The fraction of sp³-hybridized carbons (Fsp3) is 0.509. The fourth-order valence-electron chi connectivity index (χ4n) is 11.6. The smallest absolute Gasteiger partial charge is 0.407 e. The summed E-state index contributed by atoms with van der Waals surface area (Å²) in [7, 11) is 2.57. The van der Waals surface area contributed by atoms with Gasteiger partial charge < -0.3 is 39.9 Å². The number of imidazole rings is 1.